The molecule has 0 aliphatic rings. The van der Waals surface area contributed by atoms with Gasteiger partial charge in [-0.05, 0) is 17.2 Å². The second-order valence-corrected chi connectivity index (χ2v) is 2.93. The Morgan fingerprint density at radius 1 is 0.917 bits per heavy atom. The standard InChI is InChI=1S/C11H11N/c1-12-8-7-11(9-12)10-5-3-2-4-6-10/h2-9H,1H3. The van der Waals surface area contributed by atoms with Crippen molar-refractivity contribution in [1.29, 1.82) is 0 Å². The molecule has 2 rings (SSSR count). The molecule has 0 amide bonds. The van der Waals surface area contributed by atoms with E-state index in [4.69, 9.17) is 0 Å². The number of benzene rings is 1. The largest absolute Gasteiger partial charge is 0.357 e. The van der Waals surface area contributed by atoms with E-state index in [1.807, 2.05) is 13.1 Å². The van der Waals surface area contributed by atoms with Crippen molar-refractivity contribution in [2.45, 2.75) is 0 Å². The number of aryl methyl sites for hydroxylation is 1. The third-order valence-corrected chi connectivity index (χ3v) is 1.94. The minimum atomic E-state index is 1.28. The first kappa shape index (κ1) is 7.17. The fourth-order valence-corrected chi connectivity index (χ4v) is 1.30. The van der Waals surface area contributed by atoms with E-state index < -0.39 is 0 Å². The van der Waals surface area contributed by atoms with Crippen molar-refractivity contribution in [3.05, 3.63) is 48.8 Å². The number of aromatic nitrogens is 1. The lowest BCUT2D eigenvalue weighted by Crippen LogP contribution is -1.78. The van der Waals surface area contributed by atoms with Crippen molar-refractivity contribution in [3.8, 4) is 11.1 Å². The lowest BCUT2D eigenvalue weighted by molar-refractivity contribution is 0.928. The Bertz CT molecular complexity index is 360. The van der Waals surface area contributed by atoms with Gasteiger partial charge in [-0.1, -0.05) is 30.3 Å². The second kappa shape index (κ2) is 2.86. The summed E-state index contributed by atoms with van der Waals surface area (Å²) in [6.45, 7) is 0. The van der Waals surface area contributed by atoms with E-state index in [0.717, 1.165) is 0 Å². The molecule has 0 saturated heterocycles. The van der Waals surface area contributed by atoms with Gasteiger partial charge in [-0.25, -0.2) is 0 Å². The Morgan fingerprint density at radius 2 is 1.67 bits per heavy atom. The molecule has 2 aromatic rings. The summed E-state index contributed by atoms with van der Waals surface area (Å²) < 4.78 is 2.06. The highest BCUT2D eigenvalue weighted by molar-refractivity contribution is 5.62. The summed E-state index contributed by atoms with van der Waals surface area (Å²) in [7, 11) is 2.03. The third kappa shape index (κ3) is 1.26. The molecule has 0 unspecified atom stereocenters. The summed E-state index contributed by atoms with van der Waals surface area (Å²) in [6, 6.07) is 12.5. The van der Waals surface area contributed by atoms with Crippen LogP contribution in [0.4, 0.5) is 0 Å². The fourth-order valence-electron chi connectivity index (χ4n) is 1.30. The molecule has 0 radical (unpaired) electrons. The van der Waals surface area contributed by atoms with Gasteiger partial charge in [-0.2, -0.15) is 0 Å². The van der Waals surface area contributed by atoms with Crippen LogP contribution in [-0.2, 0) is 7.05 Å². The quantitative estimate of drug-likeness (QED) is 0.599. The number of hydrogen-bond donors (Lipinski definition) is 0. The molecule has 1 heteroatoms. The average Bonchev–Trinajstić information content (AvgIpc) is 2.54. The Balaban J connectivity index is 2.45. The van der Waals surface area contributed by atoms with E-state index in [2.05, 4.69) is 47.3 Å². The molecule has 0 spiro atoms. The molecule has 1 aromatic heterocycles. The molecular weight excluding hydrogens is 146 g/mol. The van der Waals surface area contributed by atoms with Gasteiger partial charge in [0.1, 0.15) is 0 Å². The molecule has 0 saturated carbocycles. The number of hydrogen-bond acceptors (Lipinski definition) is 0. The zero-order chi connectivity index (χ0) is 8.39. The van der Waals surface area contributed by atoms with Gasteiger partial charge < -0.3 is 4.57 Å². The van der Waals surface area contributed by atoms with Crippen LogP contribution < -0.4 is 0 Å². The van der Waals surface area contributed by atoms with Crippen LogP contribution >= 0.6 is 0 Å². The smallest absolute Gasteiger partial charge is 0.0110 e. The van der Waals surface area contributed by atoms with Gasteiger partial charge in [0.05, 0.1) is 0 Å². The van der Waals surface area contributed by atoms with Gasteiger partial charge in [0, 0.05) is 19.4 Å². The molecule has 0 bridgehead atoms. The van der Waals surface area contributed by atoms with E-state index in [1.165, 1.54) is 11.1 Å². The normalized spacial score (nSPS) is 10.1. The molecular formula is C11H11N. The predicted molar refractivity (Wildman–Crippen MR) is 50.8 cm³/mol. The Kier molecular flexibility index (Phi) is 1.71. The van der Waals surface area contributed by atoms with Gasteiger partial charge in [0.25, 0.3) is 0 Å². The van der Waals surface area contributed by atoms with Crippen molar-refractivity contribution in [1.82, 2.24) is 4.57 Å². The fraction of sp³-hybridized carbons (Fsp3) is 0.0909. The van der Waals surface area contributed by atoms with Crippen LogP contribution in [0.25, 0.3) is 11.1 Å². The Hall–Kier alpha value is -1.50. The lowest BCUT2D eigenvalue weighted by Gasteiger charge is -1.94. The Labute approximate surface area is 72.3 Å². The van der Waals surface area contributed by atoms with Crippen LogP contribution in [0.1, 0.15) is 0 Å². The zero-order valence-corrected chi connectivity index (χ0v) is 7.07. The minimum Gasteiger partial charge on any atom is -0.357 e. The molecule has 0 N–H and O–H groups in total. The maximum absolute atomic E-state index is 2.12. The van der Waals surface area contributed by atoms with Gasteiger partial charge in [-0.3, -0.25) is 0 Å². The highest BCUT2D eigenvalue weighted by Gasteiger charge is 1.95. The average molecular weight is 157 g/mol. The van der Waals surface area contributed by atoms with Crippen LogP contribution in [0.15, 0.2) is 48.8 Å². The highest BCUT2D eigenvalue weighted by Crippen LogP contribution is 2.17. The zero-order valence-electron chi connectivity index (χ0n) is 7.07. The molecule has 60 valence electrons. The number of nitrogens with zero attached hydrogens (tertiary/aromatic N) is 1. The van der Waals surface area contributed by atoms with E-state index in [9.17, 15) is 0 Å². The first-order valence-corrected chi connectivity index (χ1v) is 4.03. The van der Waals surface area contributed by atoms with E-state index >= 15 is 0 Å². The van der Waals surface area contributed by atoms with Crippen LogP contribution in [0.3, 0.4) is 0 Å². The van der Waals surface area contributed by atoms with E-state index in [0.29, 0.717) is 0 Å². The number of rotatable bonds is 1. The molecule has 0 aliphatic carbocycles. The van der Waals surface area contributed by atoms with Gasteiger partial charge in [0.2, 0.25) is 0 Å². The van der Waals surface area contributed by atoms with Crippen LogP contribution in [-0.4, -0.2) is 4.57 Å². The summed E-state index contributed by atoms with van der Waals surface area (Å²) in [4.78, 5) is 0. The van der Waals surface area contributed by atoms with Crippen molar-refractivity contribution in [2.24, 2.45) is 7.05 Å². The molecule has 0 fully saturated rings. The first-order chi connectivity index (χ1) is 5.86. The van der Waals surface area contributed by atoms with Gasteiger partial charge in [-0.15, -0.1) is 0 Å². The highest BCUT2D eigenvalue weighted by atomic mass is 14.9. The van der Waals surface area contributed by atoms with Crippen LogP contribution in [0, 0.1) is 0 Å². The molecule has 1 nitrogen and oxygen atoms in total. The lowest BCUT2D eigenvalue weighted by atomic mass is 10.1. The topological polar surface area (TPSA) is 4.93 Å². The molecule has 0 aliphatic heterocycles. The molecule has 1 aromatic carbocycles. The maximum atomic E-state index is 2.12. The Morgan fingerprint density at radius 3 is 2.25 bits per heavy atom. The summed E-state index contributed by atoms with van der Waals surface area (Å²) in [5.74, 6) is 0. The van der Waals surface area contributed by atoms with Gasteiger partial charge in [0.15, 0.2) is 0 Å². The molecule has 1 heterocycles. The summed E-state index contributed by atoms with van der Waals surface area (Å²) in [5.41, 5.74) is 2.55. The summed E-state index contributed by atoms with van der Waals surface area (Å²) in [5, 5.41) is 0. The first-order valence-electron chi connectivity index (χ1n) is 4.03. The third-order valence-electron chi connectivity index (χ3n) is 1.94. The predicted octanol–water partition coefficient (Wildman–Crippen LogP) is 2.69. The van der Waals surface area contributed by atoms with Crippen molar-refractivity contribution >= 4 is 0 Å². The maximum Gasteiger partial charge on any atom is 0.0110 e. The molecule has 0 atom stereocenters. The van der Waals surface area contributed by atoms with Crippen molar-refractivity contribution < 1.29 is 0 Å². The SMILES string of the molecule is Cn1ccc(-c2ccccc2)c1. The van der Waals surface area contributed by atoms with E-state index in [1.54, 1.807) is 0 Å². The minimum absolute atomic E-state index is 1.28. The monoisotopic (exact) mass is 157 g/mol. The van der Waals surface area contributed by atoms with Crippen LogP contribution in [0.5, 0.6) is 0 Å². The van der Waals surface area contributed by atoms with Gasteiger partial charge >= 0.3 is 0 Å². The van der Waals surface area contributed by atoms with E-state index in [-0.39, 0.29) is 0 Å². The van der Waals surface area contributed by atoms with Crippen molar-refractivity contribution in [2.75, 3.05) is 0 Å². The summed E-state index contributed by atoms with van der Waals surface area (Å²) in [6.07, 6.45) is 4.18. The second-order valence-electron chi connectivity index (χ2n) is 2.93. The molecule has 12 heavy (non-hydrogen) atoms. The van der Waals surface area contributed by atoms with Crippen molar-refractivity contribution in [3.63, 3.8) is 0 Å². The van der Waals surface area contributed by atoms with Crippen LogP contribution in [0.2, 0.25) is 0 Å². The summed E-state index contributed by atoms with van der Waals surface area (Å²) >= 11 is 0.